The van der Waals surface area contributed by atoms with Crippen LogP contribution in [0.5, 0.6) is 0 Å². The van der Waals surface area contributed by atoms with Gasteiger partial charge in [-0.25, -0.2) is 9.59 Å². The molecule has 5 rings (SSSR count). The fourth-order valence-corrected chi connectivity index (χ4v) is 4.87. The average Bonchev–Trinajstić information content (AvgIpc) is 3.08. The van der Waals surface area contributed by atoms with Gasteiger partial charge >= 0.3 is 12.1 Å². The lowest BCUT2D eigenvalue weighted by atomic mass is 10.0. The molecule has 1 aromatic heterocycles. The van der Waals surface area contributed by atoms with Crippen molar-refractivity contribution >= 4 is 29.4 Å². The summed E-state index contributed by atoms with van der Waals surface area (Å²) in [6, 6.07) is 17.3. The lowest BCUT2D eigenvalue weighted by Crippen LogP contribution is -2.41. The van der Waals surface area contributed by atoms with E-state index in [-0.39, 0.29) is 24.4 Å². The van der Waals surface area contributed by atoms with Crippen molar-refractivity contribution in [3.05, 3.63) is 138 Å². The summed E-state index contributed by atoms with van der Waals surface area (Å²) >= 11 is 0. The summed E-state index contributed by atoms with van der Waals surface area (Å²) in [6.45, 7) is 6.00. The number of hydrogen-bond donors (Lipinski definition) is 3. The Kier molecular flexibility index (Phi) is 10.9. The van der Waals surface area contributed by atoms with E-state index < -0.39 is 11.7 Å². The molecule has 2 heterocycles. The van der Waals surface area contributed by atoms with Crippen LogP contribution in [0.25, 0.3) is 0 Å². The zero-order valence-electron chi connectivity index (χ0n) is 27.2. The van der Waals surface area contributed by atoms with Gasteiger partial charge in [-0.2, -0.15) is 0 Å². The number of nitrogens with zero attached hydrogens (tertiary/aromatic N) is 2. The van der Waals surface area contributed by atoms with Crippen molar-refractivity contribution in [1.29, 1.82) is 0 Å². The van der Waals surface area contributed by atoms with Crippen LogP contribution in [-0.2, 0) is 27.2 Å². The molecule has 2 aliphatic rings. The number of para-hydroxylation sites is 2. The number of pyridine rings is 1. The van der Waals surface area contributed by atoms with Crippen molar-refractivity contribution in [2.24, 2.45) is 0 Å². The first-order valence-electron chi connectivity index (χ1n) is 15.7. The van der Waals surface area contributed by atoms with Crippen molar-refractivity contribution in [3.63, 3.8) is 0 Å². The summed E-state index contributed by atoms with van der Waals surface area (Å²) in [5.74, 6) is 0.383. The molecule has 11 nitrogen and oxygen atoms in total. The monoisotopic (exact) mass is 649 g/mol. The number of carbonyl (C=O) groups is 3. The number of benzene rings is 2. The van der Waals surface area contributed by atoms with Gasteiger partial charge in [-0.3, -0.25) is 20.4 Å². The molecule has 1 aliphatic heterocycles. The molecule has 0 saturated heterocycles. The van der Waals surface area contributed by atoms with E-state index in [1.807, 2.05) is 24.3 Å². The first-order chi connectivity index (χ1) is 23.1. The summed E-state index contributed by atoms with van der Waals surface area (Å²) in [5.41, 5.74) is 3.41. The Balaban J connectivity index is 1.24. The molecular weight excluding hydrogens is 610 g/mol. The number of carbonyl (C=O) groups excluding carboxylic acids is 3. The summed E-state index contributed by atoms with van der Waals surface area (Å²) < 4.78 is 16.8. The van der Waals surface area contributed by atoms with E-state index in [1.54, 1.807) is 86.6 Å². The van der Waals surface area contributed by atoms with Gasteiger partial charge in [0.2, 0.25) is 5.88 Å². The van der Waals surface area contributed by atoms with Gasteiger partial charge in [0.1, 0.15) is 11.9 Å². The average molecular weight is 650 g/mol. The zero-order valence-corrected chi connectivity index (χ0v) is 27.2. The standard InChI is InChI=1S/C37H39N5O6/c1-37(2,3)48-36(45)40-31-12-8-7-11-30(31)39-34(43)29-15-13-27(14-16-29)23-42(22-19-26-17-20-38-21-18-26)35(44)41-33-25-46-24-32(47-33)28-9-5-4-6-10-28/h4-5,7-9,11-18,20-21,24-25H,6,10,19,22-23H2,1-3H3,(H,39,43)(H,40,45)(H,41,44). The molecule has 0 saturated carbocycles. The number of hydrogen-bond acceptors (Lipinski definition) is 7. The molecule has 3 N–H and O–H groups in total. The lowest BCUT2D eigenvalue weighted by Gasteiger charge is -2.25. The fraction of sp³-hybridized carbons (Fsp3) is 0.243. The molecule has 0 bridgehead atoms. The Morgan fingerprint density at radius 1 is 0.896 bits per heavy atom. The number of nitrogens with one attached hydrogen (secondary N) is 3. The van der Waals surface area contributed by atoms with E-state index >= 15 is 0 Å². The maximum Gasteiger partial charge on any atom is 0.412 e. The van der Waals surface area contributed by atoms with E-state index in [0.717, 1.165) is 29.5 Å². The minimum absolute atomic E-state index is 0.190. The second kappa shape index (κ2) is 15.6. The molecule has 2 aromatic carbocycles. The van der Waals surface area contributed by atoms with E-state index in [2.05, 4.69) is 27.0 Å². The van der Waals surface area contributed by atoms with Crippen molar-refractivity contribution in [3.8, 4) is 0 Å². The molecule has 0 spiro atoms. The van der Waals surface area contributed by atoms with Crippen molar-refractivity contribution in [2.45, 2.75) is 52.2 Å². The molecule has 3 aromatic rings. The van der Waals surface area contributed by atoms with E-state index in [0.29, 0.717) is 35.7 Å². The van der Waals surface area contributed by atoms with Crippen LogP contribution >= 0.6 is 0 Å². The maximum absolute atomic E-state index is 13.6. The Hall–Kier alpha value is -5.84. The highest BCUT2D eigenvalue weighted by Crippen LogP contribution is 2.26. The van der Waals surface area contributed by atoms with E-state index in [4.69, 9.17) is 14.2 Å². The van der Waals surface area contributed by atoms with Crippen LogP contribution in [0.1, 0.15) is 55.1 Å². The van der Waals surface area contributed by atoms with Crippen LogP contribution in [0.15, 0.2) is 121 Å². The molecule has 248 valence electrons. The highest BCUT2D eigenvalue weighted by atomic mass is 16.6. The van der Waals surface area contributed by atoms with Crippen LogP contribution < -0.4 is 16.0 Å². The van der Waals surface area contributed by atoms with E-state index in [1.165, 1.54) is 12.5 Å². The Morgan fingerprint density at radius 2 is 1.62 bits per heavy atom. The summed E-state index contributed by atoms with van der Waals surface area (Å²) in [6.07, 6.45) is 14.0. The Labute approximate surface area is 280 Å². The molecule has 48 heavy (non-hydrogen) atoms. The number of amides is 4. The molecule has 4 amide bonds. The van der Waals surface area contributed by atoms with Crippen LogP contribution in [0, 0.1) is 0 Å². The molecule has 0 atom stereocenters. The number of urea groups is 1. The molecule has 11 heteroatoms. The minimum Gasteiger partial charge on any atom is -0.463 e. The maximum atomic E-state index is 13.6. The highest BCUT2D eigenvalue weighted by molar-refractivity contribution is 6.06. The quantitative estimate of drug-likeness (QED) is 0.209. The number of anilines is 2. The van der Waals surface area contributed by atoms with Crippen LogP contribution in [-0.4, -0.2) is 40.1 Å². The van der Waals surface area contributed by atoms with Crippen LogP contribution in [0.2, 0.25) is 0 Å². The lowest BCUT2D eigenvalue weighted by molar-refractivity contribution is 0.0635. The third kappa shape index (κ3) is 9.83. The predicted molar refractivity (Wildman–Crippen MR) is 182 cm³/mol. The predicted octanol–water partition coefficient (Wildman–Crippen LogP) is 7.40. The number of ether oxygens (including phenoxy) is 3. The van der Waals surface area contributed by atoms with E-state index in [9.17, 15) is 14.4 Å². The summed E-state index contributed by atoms with van der Waals surface area (Å²) in [5, 5.41) is 8.37. The van der Waals surface area contributed by atoms with Gasteiger partial charge in [0, 0.05) is 31.0 Å². The topological polar surface area (TPSA) is 131 Å². The van der Waals surface area contributed by atoms with Crippen LogP contribution in [0.3, 0.4) is 0 Å². The molecular formula is C37H39N5O6. The Morgan fingerprint density at radius 3 is 2.31 bits per heavy atom. The third-order valence-corrected chi connectivity index (χ3v) is 7.24. The molecule has 0 fully saturated rings. The van der Waals surface area contributed by atoms with Gasteiger partial charge in [-0.05, 0) is 93.1 Å². The molecule has 0 unspecified atom stereocenters. The van der Waals surface area contributed by atoms with Crippen LogP contribution in [0.4, 0.5) is 21.0 Å². The third-order valence-electron chi connectivity index (χ3n) is 7.24. The number of aromatic nitrogens is 1. The normalized spacial score (nSPS) is 13.9. The minimum atomic E-state index is -0.667. The fourth-order valence-electron chi connectivity index (χ4n) is 4.87. The number of allylic oxidation sites excluding steroid dienone is 4. The van der Waals surface area contributed by atoms with Gasteiger partial charge < -0.3 is 24.4 Å². The van der Waals surface area contributed by atoms with Crippen molar-refractivity contribution in [2.75, 3.05) is 17.2 Å². The zero-order chi connectivity index (χ0) is 33.9. The number of rotatable bonds is 10. The smallest absolute Gasteiger partial charge is 0.412 e. The molecule has 0 radical (unpaired) electrons. The molecule has 1 aliphatic carbocycles. The van der Waals surface area contributed by atoms with Gasteiger partial charge in [0.05, 0.1) is 11.4 Å². The second-order valence-electron chi connectivity index (χ2n) is 12.1. The highest BCUT2D eigenvalue weighted by Gasteiger charge is 2.21. The first-order valence-corrected chi connectivity index (χ1v) is 15.7. The van der Waals surface area contributed by atoms with Gasteiger partial charge in [0.15, 0.2) is 12.0 Å². The van der Waals surface area contributed by atoms with Gasteiger partial charge in [-0.1, -0.05) is 42.5 Å². The summed E-state index contributed by atoms with van der Waals surface area (Å²) in [4.78, 5) is 44.8. The van der Waals surface area contributed by atoms with Gasteiger partial charge in [-0.15, -0.1) is 0 Å². The van der Waals surface area contributed by atoms with Gasteiger partial charge in [0.25, 0.3) is 5.91 Å². The summed E-state index contributed by atoms with van der Waals surface area (Å²) in [7, 11) is 0. The second-order valence-corrected chi connectivity index (χ2v) is 12.1. The SMILES string of the molecule is CC(C)(C)OC(=O)Nc1ccccc1NC(=O)c1ccc(CN(CCc2ccncc2)C(=O)NC2=COC=C(C3=CC=CCC3)O2)cc1. The van der Waals surface area contributed by atoms with Crippen molar-refractivity contribution < 1.29 is 28.6 Å². The largest absolute Gasteiger partial charge is 0.463 e. The Bertz CT molecular complexity index is 1740. The first kappa shape index (κ1) is 33.5. The van der Waals surface area contributed by atoms with Crippen molar-refractivity contribution in [1.82, 2.24) is 15.2 Å².